The lowest BCUT2D eigenvalue weighted by Crippen LogP contribution is -2.10. The van der Waals surface area contributed by atoms with E-state index < -0.39 is 0 Å². The zero-order chi connectivity index (χ0) is 24.0. The number of fused-ring (bicyclic) bond motifs is 1. The zero-order valence-electron chi connectivity index (χ0n) is 20.0. The smallest absolute Gasteiger partial charge is 0.162 e. The third-order valence-corrected chi connectivity index (χ3v) is 6.45. The Morgan fingerprint density at radius 1 is 0.629 bits per heavy atom. The number of carbonyl (C=O) groups is 1. The fraction of sp³-hybridized carbons (Fsp3) is 0.121. The number of hydrogen-bond acceptors (Lipinski definition) is 2. The predicted octanol–water partition coefficient (Wildman–Crippen LogP) is 9.35. The van der Waals surface area contributed by atoms with Crippen LogP contribution in [0.3, 0.4) is 0 Å². The summed E-state index contributed by atoms with van der Waals surface area (Å²) in [5, 5.41) is 2.37. The summed E-state index contributed by atoms with van der Waals surface area (Å²) in [6.07, 6.45) is 2.58. The van der Waals surface area contributed by atoms with Crippen molar-refractivity contribution in [1.82, 2.24) is 0 Å². The van der Waals surface area contributed by atoms with Gasteiger partial charge in [-0.3, -0.25) is 4.79 Å². The monoisotopic (exact) mass is 455 g/mol. The number of rotatable bonds is 8. The predicted molar refractivity (Wildman–Crippen MR) is 148 cm³/mol. The summed E-state index contributed by atoms with van der Waals surface area (Å²) in [5.74, 6) is 0.222. The summed E-state index contributed by atoms with van der Waals surface area (Å²) >= 11 is 0. The van der Waals surface area contributed by atoms with Crippen molar-refractivity contribution in [2.75, 3.05) is 4.90 Å². The number of anilines is 3. The first-order valence-electron chi connectivity index (χ1n) is 12.3. The van der Waals surface area contributed by atoms with E-state index in [1.54, 1.807) is 0 Å². The van der Waals surface area contributed by atoms with Gasteiger partial charge in [0.25, 0.3) is 0 Å². The highest BCUT2D eigenvalue weighted by molar-refractivity contribution is 6.06. The zero-order valence-corrected chi connectivity index (χ0v) is 20.0. The van der Waals surface area contributed by atoms with E-state index in [1.807, 2.05) is 24.3 Å². The topological polar surface area (TPSA) is 20.3 Å². The fourth-order valence-corrected chi connectivity index (χ4v) is 4.63. The van der Waals surface area contributed by atoms with Gasteiger partial charge in [0.15, 0.2) is 5.78 Å². The van der Waals surface area contributed by atoms with Crippen LogP contribution in [-0.4, -0.2) is 5.78 Å². The van der Waals surface area contributed by atoms with E-state index >= 15 is 0 Å². The van der Waals surface area contributed by atoms with Gasteiger partial charge in [0, 0.05) is 28.7 Å². The Hall–Kier alpha value is -4.17. The van der Waals surface area contributed by atoms with E-state index in [-0.39, 0.29) is 5.78 Å². The third-order valence-electron chi connectivity index (χ3n) is 6.45. The Morgan fingerprint density at radius 2 is 1.20 bits per heavy atom. The lowest BCUT2D eigenvalue weighted by atomic mass is 9.95. The number of ketones is 1. The number of nitrogens with zero attached hydrogens (tertiary/aromatic N) is 1. The molecule has 0 saturated carbocycles. The van der Waals surface area contributed by atoms with E-state index in [4.69, 9.17) is 0 Å². The van der Waals surface area contributed by atoms with Crippen molar-refractivity contribution in [3.63, 3.8) is 0 Å². The molecule has 35 heavy (non-hydrogen) atoms. The van der Waals surface area contributed by atoms with Crippen LogP contribution in [0, 0.1) is 0 Å². The average molecular weight is 456 g/mol. The molecule has 2 nitrogen and oxygen atoms in total. The first kappa shape index (κ1) is 22.6. The molecule has 0 atom stereocenters. The summed E-state index contributed by atoms with van der Waals surface area (Å²) in [5.41, 5.74) is 6.44. The van der Waals surface area contributed by atoms with E-state index in [2.05, 4.69) is 109 Å². The Morgan fingerprint density at radius 3 is 1.80 bits per heavy atom. The van der Waals surface area contributed by atoms with E-state index in [0.29, 0.717) is 6.42 Å². The minimum absolute atomic E-state index is 0.222. The molecule has 0 amide bonds. The van der Waals surface area contributed by atoms with E-state index in [9.17, 15) is 4.79 Å². The van der Waals surface area contributed by atoms with Crippen LogP contribution in [-0.2, 0) is 0 Å². The molecule has 5 aromatic carbocycles. The van der Waals surface area contributed by atoms with Gasteiger partial charge >= 0.3 is 0 Å². The molecule has 0 fully saturated rings. The highest BCUT2D eigenvalue weighted by Crippen LogP contribution is 2.41. The SMILES string of the molecule is CCCCC(=O)c1ccc(-c2ccc(N(c3ccccc3)c3ccccc3)c3ccccc23)cc1. The number of carbonyl (C=O) groups excluding carboxylic acids is 1. The Balaban J connectivity index is 1.61. The third kappa shape index (κ3) is 4.74. The van der Waals surface area contributed by atoms with Crippen molar-refractivity contribution < 1.29 is 4.79 Å². The van der Waals surface area contributed by atoms with Gasteiger partial charge in [0.05, 0.1) is 5.69 Å². The maximum Gasteiger partial charge on any atom is 0.162 e. The molecular weight excluding hydrogens is 426 g/mol. The van der Waals surface area contributed by atoms with E-state index in [0.717, 1.165) is 46.6 Å². The molecule has 0 heterocycles. The molecule has 5 aromatic rings. The van der Waals surface area contributed by atoms with E-state index in [1.165, 1.54) is 10.8 Å². The molecular formula is C33H29NO. The lowest BCUT2D eigenvalue weighted by molar-refractivity contribution is 0.0980. The normalized spacial score (nSPS) is 10.9. The highest BCUT2D eigenvalue weighted by Gasteiger charge is 2.17. The number of hydrogen-bond donors (Lipinski definition) is 0. The second-order valence-electron chi connectivity index (χ2n) is 8.79. The minimum Gasteiger partial charge on any atom is -0.310 e. The molecule has 0 saturated heterocycles. The Labute approximate surface area is 207 Å². The van der Waals surface area contributed by atoms with Crippen LogP contribution in [0.1, 0.15) is 36.5 Å². The Kier molecular flexibility index (Phi) is 6.72. The molecule has 0 radical (unpaired) electrons. The van der Waals surface area contributed by atoms with Gasteiger partial charge in [-0.2, -0.15) is 0 Å². The minimum atomic E-state index is 0.222. The molecule has 0 aromatic heterocycles. The van der Waals surface area contributed by atoms with Gasteiger partial charge in [-0.15, -0.1) is 0 Å². The molecule has 0 aliphatic rings. The van der Waals surface area contributed by atoms with Crippen molar-refractivity contribution in [2.24, 2.45) is 0 Å². The molecule has 2 heteroatoms. The molecule has 0 unspecified atom stereocenters. The maximum atomic E-state index is 12.4. The van der Waals surface area contributed by atoms with Crippen molar-refractivity contribution >= 4 is 33.6 Å². The van der Waals surface area contributed by atoms with Crippen molar-refractivity contribution in [2.45, 2.75) is 26.2 Å². The first-order valence-corrected chi connectivity index (χ1v) is 12.3. The molecule has 5 rings (SSSR count). The average Bonchev–Trinajstić information content (AvgIpc) is 2.93. The van der Waals surface area contributed by atoms with Crippen LogP contribution in [0.25, 0.3) is 21.9 Å². The fourth-order valence-electron chi connectivity index (χ4n) is 4.63. The number of benzene rings is 5. The molecule has 0 aliphatic heterocycles. The van der Waals surface area contributed by atoms with Crippen molar-refractivity contribution in [3.8, 4) is 11.1 Å². The second kappa shape index (κ2) is 10.4. The van der Waals surface area contributed by atoms with Crippen molar-refractivity contribution in [3.05, 3.63) is 127 Å². The second-order valence-corrected chi connectivity index (χ2v) is 8.79. The summed E-state index contributed by atoms with van der Waals surface area (Å²) in [6.45, 7) is 2.11. The summed E-state index contributed by atoms with van der Waals surface area (Å²) in [7, 11) is 0. The van der Waals surface area contributed by atoms with Crippen LogP contribution in [0.2, 0.25) is 0 Å². The molecule has 0 aliphatic carbocycles. The van der Waals surface area contributed by atoms with Crippen LogP contribution in [0.15, 0.2) is 121 Å². The van der Waals surface area contributed by atoms with Crippen LogP contribution < -0.4 is 4.90 Å². The van der Waals surface area contributed by atoms with Crippen LogP contribution >= 0.6 is 0 Å². The first-order chi connectivity index (χ1) is 17.3. The molecule has 0 N–H and O–H groups in total. The quantitative estimate of drug-likeness (QED) is 0.217. The van der Waals surface area contributed by atoms with Crippen LogP contribution in [0.4, 0.5) is 17.1 Å². The molecule has 0 bridgehead atoms. The summed E-state index contributed by atoms with van der Waals surface area (Å²) < 4.78 is 0. The lowest BCUT2D eigenvalue weighted by Gasteiger charge is -2.27. The maximum absolute atomic E-state index is 12.4. The summed E-state index contributed by atoms with van der Waals surface area (Å²) in [4.78, 5) is 14.8. The molecule has 172 valence electrons. The van der Waals surface area contributed by atoms with Gasteiger partial charge in [-0.05, 0) is 53.3 Å². The Bertz CT molecular complexity index is 1380. The molecule has 0 spiro atoms. The van der Waals surface area contributed by atoms with Gasteiger partial charge < -0.3 is 4.90 Å². The number of Topliss-reactive ketones (excluding diaryl/α,β-unsaturated/α-hetero) is 1. The van der Waals surface area contributed by atoms with Gasteiger partial charge in [0.1, 0.15) is 0 Å². The largest absolute Gasteiger partial charge is 0.310 e. The van der Waals surface area contributed by atoms with Gasteiger partial charge in [0.2, 0.25) is 0 Å². The number of para-hydroxylation sites is 2. The highest BCUT2D eigenvalue weighted by atomic mass is 16.1. The summed E-state index contributed by atoms with van der Waals surface area (Å²) in [6, 6.07) is 42.0. The van der Waals surface area contributed by atoms with Gasteiger partial charge in [-0.1, -0.05) is 104 Å². The number of unbranched alkanes of at least 4 members (excludes halogenated alkanes) is 1. The van der Waals surface area contributed by atoms with Crippen LogP contribution in [0.5, 0.6) is 0 Å². The standard InChI is InChI=1S/C33H29NO/c1-2-3-18-33(35)26-21-19-25(20-22-26)29-23-24-32(31-17-11-10-16-30(29)31)34(27-12-6-4-7-13-27)28-14-8-5-9-15-28/h4-17,19-24H,2-3,18H2,1H3. The van der Waals surface area contributed by atoms with Gasteiger partial charge in [-0.25, -0.2) is 0 Å². The van der Waals surface area contributed by atoms with Crippen molar-refractivity contribution in [1.29, 1.82) is 0 Å².